The van der Waals surface area contributed by atoms with Gasteiger partial charge < -0.3 is 14.2 Å². The molecule has 4 heteroatoms. The van der Waals surface area contributed by atoms with Gasteiger partial charge in [-0.3, -0.25) is 0 Å². The molecule has 22 rings (SSSR count). The molecule has 3 nitrogen and oxygen atoms in total. The Kier molecular flexibility index (Phi) is 13.6. The SMILES string of the molecule is CC1(C)c2ccccc2C2(c3ccccc3-c3c(N(c4ccc(-c5cccc(CC6(C)c7ccccc7C7(c8ccccc8-c8cc(N(c9ccc%10sc%11ccccc%11c%10c9)c9ccccc9-c9ccccc9)ccc87)c7ccccc76)c5)cc4)c4cccc5c4oc4ccccc45)cccc32)c2ccccc21. The molecular formula is C104H72N2OS. The summed E-state index contributed by atoms with van der Waals surface area (Å²) in [6, 6.07) is 140. The predicted octanol–water partition coefficient (Wildman–Crippen LogP) is 27.5. The third-order valence-electron chi connectivity index (χ3n) is 24.9. The second-order valence-corrected chi connectivity index (χ2v) is 31.8. The first-order valence-electron chi connectivity index (χ1n) is 37.8. The van der Waals surface area contributed by atoms with Crippen molar-refractivity contribution in [2.24, 2.45) is 0 Å². The van der Waals surface area contributed by atoms with Crippen molar-refractivity contribution in [3.05, 3.63) is 442 Å². The fourth-order valence-corrected chi connectivity index (χ4v) is 21.4. The van der Waals surface area contributed by atoms with Crippen molar-refractivity contribution < 1.29 is 4.42 Å². The number of anilines is 6. The number of fused-ring (bicyclic) bond motifs is 24. The molecule has 108 heavy (non-hydrogen) atoms. The van der Waals surface area contributed by atoms with E-state index in [0.29, 0.717) is 0 Å². The molecule has 0 fully saturated rings. The van der Waals surface area contributed by atoms with E-state index in [9.17, 15) is 0 Å². The second kappa shape index (κ2) is 23.6. The Morgan fingerprint density at radius 1 is 0.278 bits per heavy atom. The van der Waals surface area contributed by atoms with Gasteiger partial charge >= 0.3 is 0 Å². The van der Waals surface area contributed by atoms with Crippen molar-refractivity contribution in [2.75, 3.05) is 9.80 Å². The summed E-state index contributed by atoms with van der Waals surface area (Å²) in [6.45, 7) is 7.30. The van der Waals surface area contributed by atoms with E-state index in [1.165, 1.54) is 131 Å². The Morgan fingerprint density at radius 3 is 1.49 bits per heavy atom. The molecule has 2 heterocycles. The van der Waals surface area contributed by atoms with Gasteiger partial charge in [0.15, 0.2) is 5.58 Å². The minimum atomic E-state index is -0.597. The lowest BCUT2D eigenvalue weighted by Gasteiger charge is -2.48. The zero-order valence-corrected chi connectivity index (χ0v) is 61.0. The maximum atomic E-state index is 7.03. The molecular weight excluding hydrogens is 1330 g/mol. The molecule has 0 atom stereocenters. The summed E-state index contributed by atoms with van der Waals surface area (Å²) in [5.74, 6) is 0. The fraction of sp³-hybridized carbons (Fsp3) is 0.0769. The Hall–Kier alpha value is -12.9. The lowest BCUT2D eigenvalue weighted by Crippen LogP contribution is -2.43. The third-order valence-corrected chi connectivity index (χ3v) is 26.0. The van der Waals surface area contributed by atoms with Crippen LogP contribution in [0.1, 0.15) is 93.1 Å². The molecule has 2 aromatic heterocycles. The van der Waals surface area contributed by atoms with E-state index in [4.69, 9.17) is 4.42 Å². The zero-order chi connectivity index (χ0) is 71.6. The normalized spacial score (nSPS) is 15.5. The summed E-state index contributed by atoms with van der Waals surface area (Å²) >= 11 is 1.86. The summed E-state index contributed by atoms with van der Waals surface area (Å²) in [5.41, 5.74) is 33.3. The maximum Gasteiger partial charge on any atom is 0.159 e. The van der Waals surface area contributed by atoms with E-state index in [2.05, 4.69) is 401 Å². The molecule has 0 saturated heterocycles. The molecule has 0 bridgehead atoms. The number of hydrogen-bond acceptors (Lipinski definition) is 4. The van der Waals surface area contributed by atoms with Gasteiger partial charge in [-0.15, -0.1) is 11.3 Å². The standard InChI is InChI=1S/C104H72N2OS/c1-101(2)84-40-14-18-44-88(84)104(89-45-19-15-41-85(89)101)82-39-13-8-36-78(82)99-92(104)48-27-50-94(99)106(95-51-26-37-77-75-34-10-23-52-96(75)107-100(77)95)70-56-54-67(55-57-70)69-31-25-28-66(62-69)65-102(3)86-42-16-20-46-90(86)103(91-47-21-17-43-87(91)102)81-38-12-7-33-74(81)79-63-71(58-60-83(79)103)105(93-49-22-9-32-73(93)68-29-5-4-6-30-68)72-59-61-98-80(64-72)76-35-11-24-53-97(76)108-98/h4-64H,65H2,1-3H3. The number of para-hydroxylation sites is 3. The Morgan fingerprint density at radius 2 is 0.759 bits per heavy atom. The highest BCUT2D eigenvalue weighted by atomic mass is 32.1. The van der Waals surface area contributed by atoms with Crippen LogP contribution in [0.2, 0.25) is 0 Å². The molecule has 0 aliphatic heterocycles. The van der Waals surface area contributed by atoms with Crippen molar-refractivity contribution in [1.82, 2.24) is 0 Å². The number of rotatable bonds is 10. The highest BCUT2D eigenvalue weighted by molar-refractivity contribution is 7.25. The van der Waals surface area contributed by atoms with E-state index >= 15 is 0 Å². The molecule has 18 aromatic rings. The Balaban J connectivity index is 0.660. The number of thiophene rings is 1. The lowest BCUT2D eigenvalue weighted by molar-refractivity contribution is 0.514. The van der Waals surface area contributed by atoms with E-state index in [1.54, 1.807) is 0 Å². The molecule has 0 amide bonds. The van der Waals surface area contributed by atoms with E-state index < -0.39 is 16.2 Å². The topological polar surface area (TPSA) is 19.6 Å². The smallest absolute Gasteiger partial charge is 0.159 e. The Bertz CT molecular complexity index is 6650. The second-order valence-electron chi connectivity index (χ2n) is 30.7. The largest absolute Gasteiger partial charge is 0.454 e. The summed E-state index contributed by atoms with van der Waals surface area (Å²) < 4.78 is 9.61. The van der Waals surface area contributed by atoms with Gasteiger partial charge in [-0.2, -0.15) is 0 Å². The highest BCUT2D eigenvalue weighted by Crippen LogP contribution is 2.66. The molecule has 16 aromatic carbocycles. The molecule has 0 saturated carbocycles. The highest BCUT2D eigenvalue weighted by Gasteiger charge is 2.56. The van der Waals surface area contributed by atoms with Gasteiger partial charge in [0.2, 0.25) is 0 Å². The van der Waals surface area contributed by atoms with E-state index in [0.717, 1.165) is 68.0 Å². The van der Waals surface area contributed by atoms with E-state index in [-0.39, 0.29) is 5.41 Å². The summed E-state index contributed by atoms with van der Waals surface area (Å²) in [4.78, 5) is 4.98. The van der Waals surface area contributed by atoms with Gasteiger partial charge in [0.25, 0.3) is 0 Å². The first-order valence-corrected chi connectivity index (χ1v) is 38.6. The quantitative estimate of drug-likeness (QED) is 0.136. The van der Waals surface area contributed by atoms with Crippen LogP contribution in [0, 0.1) is 0 Å². The van der Waals surface area contributed by atoms with Crippen molar-refractivity contribution in [3.8, 4) is 44.5 Å². The van der Waals surface area contributed by atoms with E-state index in [1.807, 2.05) is 11.3 Å². The molecule has 2 spiro atoms. The zero-order valence-electron chi connectivity index (χ0n) is 60.1. The van der Waals surface area contributed by atoms with Crippen LogP contribution in [0.5, 0.6) is 0 Å². The van der Waals surface area contributed by atoms with Gasteiger partial charge in [-0.25, -0.2) is 0 Å². The van der Waals surface area contributed by atoms with Crippen LogP contribution in [0.4, 0.5) is 34.1 Å². The van der Waals surface area contributed by atoms with Crippen molar-refractivity contribution in [2.45, 2.75) is 48.9 Å². The number of nitrogens with zero attached hydrogens (tertiary/aromatic N) is 2. The average Bonchev–Trinajstić information content (AvgIpc) is 1.44. The number of benzene rings is 16. The van der Waals surface area contributed by atoms with Crippen LogP contribution in [0.25, 0.3) is 86.6 Å². The molecule has 4 aliphatic carbocycles. The number of furan rings is 1. The minimum Gasteiger partial charge on any atom is -0.454 e. The van der Waals surface area contributed by atoms with Crippen LogP contribution in [0.3, 0.4) is 0 Å². The van der Waals surface area contributed by atoms with Gasteiger partial charge in [-0.05, 0) is 185 Å². The van der Waals surface area contributed by atoms with Crippen LogP contribution >= 0.6 is 11.3 Å². The van der Waals surface area contributed by atoms with Gasteiger partial charge in [0.05, 0.1) is 27.9 Å². The third kappa shape index (κ3) is 8.72. The maximum absolute atomic E-state index is 7.03. The molecule has 0 unspecified atom stereocenters. The molecule has 4 aliphatic rings. The van der Waals surface area contributed by atoms with Crippen LogP contribution in [-0.4, -0.2) is 0 Å². The van der Waals surface area contributed by atoms with Crippen LogP contribution in [0.15, 0.2) is 374 Å². The molecule has 510 valence electrons. The van der Waals surface area contributed by atoms with Crippen LogP contribution < -0.4 is 9.80 Å². The first kappa shape index (κ1) is 62.5. The van der Waals surface area contributed by atoms with Crippen LogP contribution in [-0.2, 0) is 28.1 Å². The van der Waals surface area contributed by atoms with Gasteiger partial charge in [0.1, 0.15) is 5.58 Å². The molecule has 0 N–H and O–H groups in total. The van der Waals surface area contributed by atoms with Gasteiger partial charge in [0, 0.05) is 70.0 Å². The van der Waals surface area contributed by atoms with Crippen molar-refractivity contribution in [3.63, 3.8) is 0 Å². The minimum absolute atomic E-state index is 0.212. The summed E-state index contributed by atoms with van der Waals surface area (Å²) in [5, 5.41) is 4.74. The molecule has 0 radical (unpaired) electrons. The monoisotopic (exact) mass is 1400 g/mol. The summed E-state index contributed by atoms with van der Waals surface area (Å²) in [7, 11) is 0. The first-order chi connectivity index (χ1) is 53.2. The predicted molar refractivity (Wildman–Crippen MR) is 450 cm³/mol. The van der Waals surface area contributed by atoms with Crippen molar-refractivity contribution in [1.29, 1.82) is 0 Å². The van der Waals surface area contributed by atoms with Gasteiger partial charge in [-0.1, -0.05) is 318 Å². The van der Waals surface area contributed by atoms with Crippen molar-refractivity contribution >= 4 is 87.6 Å². The fourth-order valence-electron chi connectivity index (χ4n) is 20.3. The average molecular weight is 1400 g/mol. The Labute approximate surface area is 633 Å². The summed E-state index contributed by atoms with van der Waals surface area (Å²) in [6.07, 6.45) is 0.791. The lowest BCUT2D eigenvalue weighted by atomic mass is 9.54. The number of hydrogen-bond donors (Lipinski definition) is 0.